The van der Waals surface area contributed by atoms with E-state index in [1.165, 1.54) is 8.61 Å². The molecule has 0 radical (unpaired) electrons. The van der Waals surface area contributed by atoms with Gasteiger partial charge < -0.3 is 5.11 Å². The number of hydrogen-bond donors (Lipinski definition) is 1. The Morgan fingerprint density at radius 1 is 1.36 bits per heavy atom. The minimum Gasteiger partial charge on any atom is -0.478 e. The van der Waals surface area contributed by atoms with Gasteiger partial charge in [0.05, 0.1) is 5.56 Å². The summed E-state index contributed by atoms with van der Waals surface area (Å²) in [6.07, 6.45) is 1.60. The summed E-state index contributed by atoms with van der Waals surface area (Å²) in [7, 11) is -1.75. The predicted octanol–water partition coefficient (Wildman–Crippen LogP) is 1.45. The maximum atomic E-state index is 12.3. The van der Waals surface area contributed by atoms with Gasteiger partial charge in [0, 0.05) is 26.7 Å². The SMILES string of the molecule is CCN(C)S(=O)(=O)N1CC[C@@H](Cc2ccc(C(=O)O)cc2)C1. The van der Waals surface area contributed by atoms with E-state index in [4.69, 9.17) is 5.11 Å². The first-order chi connectivity index (χ1) is 10.3. The maximum Gasteiger partial charge on any atom is 0.335 e. The largest absolute Gasteiger partial charge is 0.478 e. The van der Waals surface area contributed by atoms with Crippen LogP contribution in [0.3, 0.4) is 0 Å². The van der Waals surface area contributed by atoms with Crippen LogP contribution in [-0.2, 0) is 16.6 Å². The molecular formula is C15H22N2O4S. The fraction of sp³-hybridized carbons (Fsp3) is 0.533. The van der Waals surface area contributed by atoms with Crippen LogP contribution in [0.1, 0.15) is 29.3 Å². The number of nitrogens with zero attached hydrogens (tertiary/aromatic N) is 2. The van der Waals surface area contributed by atoms with E-state index in [2.05, 4.69) is 0 Å². The Balaban J connectivity index is 1.98. The Labute approximate surface area is 131 Å². The molecule has 2 rings (SSSR count). The Bertz CT molecular complexity index is 627. The minimum absolute atomic E-state index is 0.268. The molecule has 0 amide bonds. The predicted molar refractivity (Wildman–Crippen MR) is 84.0 cm³/mol. The van der Waals surface area contributed by atoms with E-state index < -0.39 is 16.2 Å². The third-order valence-corrected chi connectivity index (χ3v) is 6.17. The van der Waals surface area contributed by atoms with Gasteiger partial charge in [-0.1, -0.05) is 19.1 Å². The molecule has 0 bridgehead atoms. The minimum atomic E-state index is -3.34. The number of aromatic carboxylic acids is 1. The molecule has 1 aliphatic heterocycles. The van der Waals surface area contributed by atoms with Crippen molar-refractivity contribution in [3.63, 3.8) is 0 Å². The van der Waals surface area contributed by atoms with Crippen molar-refractivity contribution in [3.05, 3.63) is 35.4 Å². The van der Waals surface area contributed by atoms with E-state index in [0.717, 1.165) is 18.4 Å². The molecule has 0 aromatic heterocycles. The molecule has 1 atom stereocenters. The molecule has 0 saturated carbocycles. The lowest BCUT2D eigenvalue weighted by molar-refractivity contribution is 0.0697. The van der Waals surface area contributed by atoms with Crippen LogP contribution < -0.4 is 0 Å². The average molecular weight is 326 g/mol. The molecule has 122 valence electrons. The van der Waals surface area contributed by atoms with Crippen LogP contribution in [-0.4, -0.2) is 54.8 Å². The normalized spacial score (nSPS) is 19.7. The van der Waals surface area contributed by atoms with Gasteiger partial charge in [0.1, 0.15) is 0 Å². The molecule has 0 unspecified atom stereocenters. The fourth-order valence-electron chi connectivity index (χ4n) is 2.65. The van der Waals surface area contributed by atoms with E-state index in [-0.39, 0.29) is 11.5 Å². The molecule has 1 saturated heterocycles. The molecule has 22 heavy (non-hydrogen) atoms. The first-order valence-corrected chi connectivity index (χ1v) is 8.78. The summed E-state index contributed by atoms with van der Waals surface area (Å²) in [4.78, 5) is 10.8. The quantitative estimate of drug-likeness (QED) is 0.858. The fourth-order valence-corrected chi connectivity index (χ4v) is 4.11. The third kappa shape index (κ3) is 3.66. The van der Waals surface area contributed by atoms with Crippen molar-refractivity contribution in [2.24, 2.45) is 5.92 Å². The summed E-state index contributed by atoms with van der Waals surface area (Å²) in [6.45, 7) is 3.34. The van der Waals surface area contributed by atoms with Crippen LogP contribution in [0.5, 0.6) is 0 Å². The van der Waals surface area contributed by atoms with Crippen molar-refractivity contribution < 1.29 is 18.3 Å². The van der Waals surface area contributed by atoms with Gasteiger partial charge in [-0.3, -0.25) is 0 Å². The van der Waals surface area contributed by atoms with E-state index in [1.54, 1.807) is 31.3 Å². The molecule has 7 heteroatoms. The monoisotopic (exact) mass is 326 g/mol. The first kappa shape index (κ1) is 16.9. The van der Waals surface area contributed by atoms with Gasteiger partial charge in [-0.2, -0.15) is 17.0 Å². The summed E-state index contributed by atoms with van der Waals surface area (Å²) in [5.41, 5.74) is 1.31. The summed E-state index contributed by atoms with van der Waals surface area (Å²) in [5, 5.41) is 8.88. The highest BCUT2D eigenvalue weighted by Crippen LogP contribution is 2.24. The Morgan fingerprint density at radius 2 is 2.00 bits per heavy atom. The molecule has 1 fully saturated rings. The van der Waals surface area contributed by atoms with Gasteiger partial charge >= 0.3 is 5.97 Å². The number of carboxylic acid groups (broad SMARTS) is 1. The van der Waals surface area contributed by atoms with Crippen LogP contribution in [0.25, 0.3) is 0 Å². The number of hydrogen-bond acceptors (Lipinski definition) is 3. The maximum absolute atomic E-state index is 12.3. The molecule has 6 nitrogen and oxygen atoms in total. The molecule has 1 aliphatic rings. The van der Waals surface area contributed by atoms with Gasteiger partial charge in [0.2, 0.25) is 0 Å². The van der Waals surface area contributed by atoms with Crippen LogP contribution in [0.15, 0.2) is 24.3 Å². The Morgan fingerprint density at radius 3 is 2.55 bits per heavy atom. The van der Waals surface area contributed by atoms with E-state index in [1.807, 2.05) is 6.92 Å². The molecule has 1 aromatic carbocycles. The van der Waals surface area contributed by atoms with E-state index in [9.17, 15) is 13.2 Å². The van der Waals surface area contributed by atoms with E-state index >= 15 is 0 Å². The highest BCUT2D eigenvalue weighted by molar-refractivity contribution is 7.86. The molecule has 0 spiro atoms. The average Bonchev–Trinajstić information content (AvgIpc) is 2.96. The zero-order valence-electron chi connectivity index (χ0n) is 12.9. The number of benzene rings is 1. The molecule has 1 aromatic rings. The van der Waals surface area contributed by atoms with Gasteiger partial charge in [0.25, 0.3) is 10.2 Å². The van der Waals surface area contributed by atoms with Crippen molar-refractivity contribution in [1.82, 2.24) is 8.61 Å². The topological polar surface area (TPSA) is 77.9 Å². The smallest absolute Gasteiger partial charge is 0.335 e. The van der Waals surface area contributed by atoms with Crippen molar-refractivity contribution in [3.8, 4) is 0 Å². The van der Waals surface area contributed by atoms with Gasteiger partial charge in [0.15, 0.2) is 0 Å². The number of rotatable bonds is 6. The summed E-state index contributed by atoms with van der Waals surface area (Å²) < 4.78 is 27.4. The van der Waals surface area contributed by atoms with Crippen LogP contribution in [0.2, 0.25) is 0 Å². The molecule has 1 N–H and O–H groups in total. The standard InChI is InChI=1S/C15H22N2O4S/c1-3-16(2)22(20,21)17-9-8-13(11-17)10-12-4-6-14(7-5-12)15(18)19/h4-7,13H,3,8-11H2,1-2H3,(H,18,19)/t13-/m0/s1. The van der Waals surface area contributed by atoms with Crippen LogP contribution in [0, 0.1) is 5.92 Å². The van der Waals surface area contributed by atoms with Gasteiger partial charge in [-0.25, -0.2) is 4.79 Å². The summed E-state index contributed by atoms with van der Waals surface area (Å²) in [5.74, 6) is -0.664. The zero-order chi connectivity index (χ0) is 16.3. The Kier molecular flexibility index (Phi) is 5.20. The lowest BCUT2D eigenvalue weighted by Gasteiger charge is -2.23. The van der Waals surface area contributed by atoms with Gasteiger partial charge in [-0.05, 0) is 36.5 Å². The summed E-state index contributed by atoms with van der Waals surface area (Å²) >= 11 is 0. The van der Waals surface area contributed by atoms with Gasteiger partial charge in [-0.15, -0.1) is 0 Å². The Hall–Kier alpha value is -1.44. The van der Waals surface area contributed by atoms with Crippen molar-refractivity contribution in [1.29, 1.82) is 0 Å². The number of carboxylic acids is 1. The lowest BCUT2D eigenvalue weighted by Crippen LogP contribution is -2.40. The van der Waals surface area contributed by atoms with Crippen LogP contribution in [0.4, 0.5) is 0 Å². The van der Waals surface area contributed by atoms with Crippen LogP contribution >= 0.6 is 0 Å². The zero-order valence-corrected chi connectivity index (χ0v) is 13.7. The molecular weight excluding hydrogens is 304 g/mol. The van der Waals surface area contributed by atoms with Crippen molar-refractivity contribution in [2.75, 3.05) is 26.7 Å². The number of carbonyl (C=O) groups is 1. The molecule has 1 heterocycles. The molecule has 0 aliphatic carbocycles. The summed E-state index contributed by atoms with van der Waals surface area (Å²) in [6, 6.07) is 6.79. The van der Waals surface area contributed by atoms with Crippen molar-refractivity contribution >= 4 is 16.2 Å². The second kappa shape index (κ2) is 6.76. The lowest BCUT2D eigenvalue weighted by atomic mass is 9.98. The third-order valence-electron chi connectivity index (χ3n) is 4.14. The second-order valence-corrected chi connectivity index (χ2v) is 7.68. The van der Waals surface area contributed by atoms with Crippen molar-refractivity contribution in [2.45, 2.75) is 19.8 Å². The second-order valence-electron chi connectivity index (χ2n) is 5.64. The highest BCUT2D eigenvalue weighted by atomic mass is 32.2. The first-order valence-electron chi connectivity index (χ1n) is 7.38. The highest BCUT2D eigenvalue weighted by Gasteiger charge is 2.33. The van der Waals surface area contributed by atoms with E-state index in [0.29, 0.717) is 19.6 Å².